The van der Waals surface area contributed by atoms with Crippen molar-refractivity contribution in [1.82, 2.24) is 0 Å². The number of rotatable bonds is 55. The van der Waals surface area contributed by atoms with Crippen LogP contribution in [0.4, 0.5) is 0 Å². The molecule has 0 aromatic heterocycles. The van der Waals surface area contributed by atoms with Crippen LogP contribution in [0.2, 0.25) is 0 Å². The van der Waals surface area contributed by atoms with Crippen LogP contribution in [-0.2, 0) is 32.7 Å². The number of nitrogens with zero attached hydrogens (tertiary/aromatic N) is 1. The molecule has 440 valence electrons. The van der Waals surface area contributed by atoms with Gasteiger partial charge in [0.1, 0.15) is 19.8 Å². The maximum Gasteiger partial charge on any atom is 0.472 e. The molecule has 0 radical (unpaired) electrons. The van der Waals surface area contributed by atoms with E-state index in [1.165, 1.54) is 96.3 Å². The predicted molar refractivity (Wildman–Crippen MR) is 330 cm³/mol. The lowest BCUT2D eigenvalue weighted by atomic mass is 10.0. The Labute approximate surface area is 473 Å². The Morgan fingerprint density at radius 2 is 0.740 bits per heavy atom. The fourth-order valence-corrected chi connectivity index (χ4v) is 8.78. The van der Waals surface area contributed by atoms with Gasteiger partial charge in [-0.05, 0) is 89.9 Å². The molecule has 1 N–H and O–H groups in total. The van der Waals surface area contributed by atoms with Gasteiger partial charge in [0, 0.05) is 12.8 Å². The van der Waals surface area contributed by atoms with Gasteiger partial charge in [0.05, 0.1) is 27.7 Å². The van der Waals surface area contributed by atoms with Crippen molar-refractivity contribution in [3.05, 3.63) is 122 Å². The van der Waals surface area contributed by atoms with E-state index in [1.54, 1.807) is 0 Å². The summed E-state index contributed by atoms with van der Waals surface area (Å²) in [6, 6.07) is 0. The Bertz CT molecular complexity index is 1710. The first-order valence-electron chi connectivity index (χ1n) is 30.8. The number of allylic oxidation sites excluding steroid dienone is 20. The number of carbonyl (C=O) groups is 2. The molecule has 2 unspecified atom stereocenters. The van der Waals surface area contributed by atoms with E-state index in [4.69, 9.17) is 18.5 Å². The number of unbranched alkanes of at least 4 members (excludes halogenated alkanes) is 21. The van der Waals surface area contributed by atoms with Gasteiger partial charge in [-0.15, -0.1) is 0 Å². The van der Waals surface area contributed by atoms with E-state index < -0.39 is 26.5 Å². The molecule has 2 atom stereocenters. The minimum absolute atomic E-state index is 0.0259. The van der Waals surface area contributed by atoms with Crippen LogP contribution in [0.3, 0.4) is 0 Å². The third-order valence-corrected chi connectivity index (χ3v) is 13.7. The molecule has 10 heteroatoms. The SMILES string of the molecule is CC/C=C\C/C=C\C/C=C\C/C=C\C/C=C\C/C=C\C/C=C\C/C=C\C/C=C\C/C=C\CCCCCCCCCCC(=O)OC(COC(=O)CCCCCCCCCCCCCCCC)COP(=O)(O)OCC[N+](C)(C)C. The molecule has 0 bridgehead atoms. The van der Waals surface area contributed by atoms with Gasteiger partial charge in [0.25, 0.3) is 0 Å². The molecule has 0 aliphatic heterocycles. The molecule has 0 rings (SSSR count). The van der Waals surface area contributed by atoms with E-state index in [2.05, 4.69) is 135 Å². The smallest absolute Gasteiger partial charge is 0.462 e. The van der Waals surface area contributed by atoms with Crippen LogP contribution in [0.25, 0.3) is 0 Å². The van der Waals surface area contributed by atoms with Crippen molar-refractivity contribution in [3.8, 4) is 0 Å². The number of quaternary nitrogens is 1. The highest BCUT2D eigenvalue weighted by molar-refractivity contribution is 7.47. The maximum atomic E-state index is 12.8. The Hall–Kier alpha value is -3.59. The second-order valence-electron chi connectivity index (χ2n) is 21.4. The highest BCUT2D eigenvalue weighted by atomic mass is 31.2. The lowest BCUT2D eigenvalue weighted by Gasteiger charge is -2.24. The fourth-order valence-electron chi connectivity index (χ4n) is 8.04. The van der Waals surface area contributed by atoms with Gasteiger partial charge in [-0.1, -0.05) is 257 Å². The Morgan fingerprint density at radius 1 is 0.416 bits per heavy atom. The zero-order chi connectivity index (χ0) is 56.3. The zero-order valence-electron chi connectivity index (χ0n) is 49.9. The number of carbonyl (C=O) groups excluding carboxylic acids is 2. The zero-order valence-corrected chi connectivity index (χ0v) is 50.8. The molecule has 0 heterocycles. The topological polar surface area (TPSA) is 108 Å². The van der Waals surface area contributed by atoms with E-state index in [0.717, 1.165) is 109 Å². The van der Waals surface area contributed by atoms with Crippen molar-refractivity contribution in [1.29, 1.82) is 0 Å². The van der Waals surface area contributed by atoms with Crippen molar-refractivity contribution >= 4 is 19.8 Å². The van der Waals surface area contributed by atoms with Crippen LogP contribution < -0.4 is 0 Å². The highest BCUT2D eigenvalue weighted by Gasteiger charge is 2.27. The first-order chi connectivity index (χ1) is 37.5. The third-order valence-electron chi connectivity index (χ3n) is 12.8. The van der Waals surface area contributed by atoms with Crippen LogP contribution in [-0.4, -0.2) is 74.9 Å². The maximum absolute atomic E-state index is 12.8. The summed E-state index contributed by atoms with van der Waals surface area (Å²) in [4.78, 5) is 35.6. The van der Waals surface area contributed by atoms with Gasteiger partial charge >= 0.3 is 19.8 Å². The Morgan fingerprint density at radius 3 is 1.10 bits per heavy atom. The number of likely N-dealkylation sites (N-methyl/N-ethyl adjacent to an activating group) is 1. The number of phosphoric acid groups is 1. The largest absolute Gasteiger partial charge is 0.472 e. The summed E-state index contributed by atoms with van der Waals surface area (Å²) in [6.45, 7) is 4.31. The molecule has 0 aromatic rings. The summed E-state index contributed by atoms with van der Waals surface area (Å²) in [7, 11) is 1.46. The minimum atomic E-state index is -4.39. The molecule has 9 nitrogen and oxygen atoms in total. The highest BCUT2D eigenvalue weighted by Crippen LogP contribution is 2.43. The second-order valence-corrected chi connectivity index (χ2v) is 22.8. The summed E-state index contributed by atoms with van der Waals surface area (Å²) < 4.78 is 34.5. The average Bonchev–Trinajstić information content (AvgIpc) is 3.39. The number of esters is 2. The molecule has 0 aliphatic carbocycles. The number of hydrogen-bond donors (Lipinski definition) is 1. The normalized spacial score (nSPS) is 14.1. The number of hydrogen-bond acceptors (Lipinski definition) is 7. The third kappa shape index (κ3) is 61.5. The Balaban J connectivity index is 4.11. The summed E-state index contributed by atoms with van der Waals surface area (Å²) in [5.74, 6) is -0.808. The van der Waals surface area contributed by atoms with E-state index >= 15 is 0 Å². The summed E-state index contributed by atoms with van der Waals surface area (Å²) in [5.41, 5.74) is 0. The van der Waals surface area contributed by atoms with Crippen molar-refractivity contribution < 1.29 is 42.1 Å². The molecule has 0 aromatic carbocycles. The van der Waals surface area contributed by atoms with E-state index in [1.807, 2.05) is 21.1 Å². The standard InChI is InChI=1S/C67H114NO8P/c1-6-8-10-12-14-16-18-20-22-23-24-25-26-27-28-29-30-31-32-33-34-35-36-37-38-39-40-41-42-43-44-45-46-48-50-52-54-56-58-60-67(70)76-65(64-75-77(71,72)74-62-61-68(3,4)5)63-73-66(69)59-57-55-53-51-49-47-21-19-17-15-13-11-9-7-2/h8,10,14,16,20,22,24-25,27-28,30-31,33-34,36-37,39-40,42-43,65H,6-7,9,11-13,15,17-19,21,23,26,29,32,35,38,41,44-64H2,1-5H3/p+1/b10-8-,16-14-,22-20-,25-24-,28-27-,31-30-,34-33-,37-36-,40-39-,43-42-. The van der Waals surface area contributed by atoms with E-state index in [0.29, 0.717) is 17.4 Å². The quantitative estimate of drug-likeness (QED) is 0.0211. The van der Waals surface area contributed by atoms with Crippen molar-refractivity contribution in [2.24, 2.45) is 0 Å². The van der Waals surface area contributed by atoms with Crippen molar-refractivity contribution in [2.75, 3.05) is 47.5 Å². The molecule has 0 saturated heterocycles. The van der Waals surface area contributed by atoms with Gasteiger partial charge in [0.2, 0.25) is 0 Å². The van der Waals surface area contributed by atoms with Gasteiger partial charge in [-0.25, -0.2) is 4.57 Å². The van der Waals surface area contributed by atoms with Crippen LogP contribution in [0.15, 0.2) is 122 Å². The molecule has 0 aliphatic rings. The fraction of sp³-hybridized carbons (Fsp3) is 0.672. The van der Waals surface area contributed by atoms with Crippen LogP contribution in [0.1, 0.15) is 239 Å². The summed E-state index contributed by atoms with van der Waals surface area (Å²) in [6.07, 6.45) is 81.3. The summed E-state index contributed by atoms with van der Waals surface area (Å²) in [5, 5.41) is 0. The lowest BCUT2D eigenvalue weighted by molar-refractivity contribution is -0.870. The van der Waals surface area contributed by atoms with Crippen LogP contribution >= 0.6 is 7.82 Å². The number of ether oxygens (including phenoxy) is 2. The molecular formula is C67H115NO8P+. The van der Waals surface area contributed by atoms with E-state index in [-0.39, 0.29) is 32.0 Å². The molecule has 77 heavy (non-hydrogen) atoms. The second kappa shape index (κ2) is 57.1. The molecule has 0 amide bonds. The van der Waals surface area contributed by atoms with Gasteiger partial charge in [-0.2, -0.15) is 0 Å². The summed E-state index contributed by atoms with van der Waals surface area (Å²) >= 11 is 0. The predicted octanol–water partition coefficient (Wildman–Crippen LogP) is 19.5. The molecule has 0 fully saturated rings. The monoisotopic (exact) mass is 1090 g/mol. The molecular weight excluding hydrogens is 978 g/mol. The van der Waals surface area contributed by atoms with Crippen LogP contribution in [0, 0.1) is 0 Å². The minimum Gasteiger partial charge on any atom is -0.462 e. The van der Waals surface area contributed by atoms with Crippen LogP contribution in [0.5, 0.6) is 0 Å². The van der Waals surface area contributed by atoms with E-state index in [9.17, 15) is 19.0 Å². The van der Waals surface area contributed by atoms with Crippen molar-refractivity contribution in [2.45, 2.75) is 245 Å². The molecule has 0 saturated carbocycles. The first-order valence-corrected chi connectivity index (χ1v) is 32.3. The van der Waals surface area contributed by atoms with Gasteiger partial charge < -0.3 is 18.9 Å². The van der Waals surface area contributed by atoms with Crippen molar-refractivity contribution in [3.63, 3.8) is 0 Å². The Kier molecular flexibility index (Phi) is 54.4. The average molecular weight is 1090 g/mol. The molecule has 0 spiro atoms. The lowest BCUT2D eigenvalue weighted by Crippen LogP contribution is -2.37. The first kappa shape index (κ1) is 73.4. The van der Waals surface area contributed by atoms with Gasteiger partial charge in [-0.3, -0.25) is 18.6 Å². The number of phosphoric ester groups is 1. The van der Waals surface area contributed by atoms with Gasteiger partial charge in [0.15, 0.2) is 6.10 Å².